The molecular weight excluding hydrogens is 284 g/mol. The van der Waals surface area contributed by atoms with Crippen molar-refractivity contribution < 1.29 is 9.63 Å². The number of nitrogens with zero attached hydrogens (tertiary/aromatic N) is 6. The third-order valence-corrected chi connectivity index (χ3v) is 4.35. The molecule has 0 spiro atoms. The Bertz CT molecular complexity index is 623. The van der Waals surface area contributed by atoms with Gasteiger partial charge in [0.15, 0.2) is 5.82 Å². The van der Waals surface area contributed by atoms with E-state index in [-0.39, 0.29) is 0 Å². The van der Waals surface area contributed by atoms with E-state index in [1.807, 2.05) is 0 Å². The van der Waals surface area contributed by atoms with E-state index < -0.39 is 5.60 Å². The Morgan fingerprint density at radius 3 is 3.09 bits per heavy atom. The SMILES string of the molecule is OC1(Cn2ccnn2)CCCN(Cc2nc(C3CC3)no2)C1. The fraction of sp³-hybridized carbons (Fsp3) is 0.714. The van der Waals surface area contributed by atoms with E-state index in [1.54, 1.807) is 17.1 Å². The smallest absolute Gasteiger partial charge is 0.240 e. The van der Waals surface area contributed by atoms with Crippen LogP contribution >= 0.6 is 0 Å². The predicted octanol–water partition coefficient (Wildman–Crippen LogP) is 0.566. The predicted molar refractivity (Wildman–Crippen MR) is 75.8 cm³/mol. The Kier molecular flexibility index (Phi) is 3.42. The molecule has 1 saturated heterocycles. The first-order valence-electron chi connectivity index (χ1n) is 7.82. The van der Waals surface area contributed by atoms with Gasteiger partial charge in [-0.05, 0) is 32.2 Å². The number of rotatable bonds is 5. The Labute approximate surface area is 128 Å². The van der Waals surface area contributed by atoms with Gasteiger partial charge >= 0.3 is 0 Å². The van der Waals surface area contributed by atoms with Crippen LogP contribution in [0.2, 0.25) is 0 Å². The summed E-state index contributed by atoms with van der Waals surface area (Å²) in [7, 11) is 0. The molecule has 2 fully saturated rings. The zero-order valence-corrected chi connectivity index (χ0v) is 12.4. The van der Waals surface area contributed by atoms with Crippen molar-refractivity contribution in [3.8, 4) is 0 Å². The van der Waals surface area contributed by atoms with Crippen molar-refractivity contribution >= 4 is 0 Å². The average Bonchev–Trinajstić information content (AvgIpc) is 3.02. The lowest BCUT2D eigenvalue weighted by molar-refractivity contribution is -0.0498. The highest BCUT2D eigenvalue weighted by Crippen LogP contribution is 2.38. The van der Waals surface area contributed by atoms with Gasteiger partial charge in [0, 0.05) is 18.7 Å². The van der Waals surface area contributed by atoms with Crippen LogP contribution in [0.5, 0.6) is 0 Å². The molecule has 22 heavy (non-hydrogen) atoms. The summed E-state index contributed by atoms with van der Waals surface area (Å²) in [6.45, 7) is 2.56. The highest BCUT2D eigenvalue weighted by Gasteiger charge is 2.35. The third kappa shape index (κ3) is 3.02. The van der Waals surface area contributed by atoms with Gasteiger partial charge in [-0.2, -0.15) is 4.98 Å². The first-order valence-corrected chi connectivity index (χ1v) is 7.82. The topological polar surface area (TPSA) is 93.1 Å². The molecule has 1 saturated carbocycles. The number of piperidine rings is 1. The zero-order valence-electron chi connectivity index (χ0n) is 12.4. The molecular formula is C14H20N6O2. The number of β-amino-alcohol motifs (C(OH)–C–C–N with tert-alkyl or cyclic N) is 1. The first kappa shape index (κ1) is 13.8. The van der Waals surface area contributed by atoms with Crippen LogP contribution in [0.4, 0.5) is 0 Å². The van der Waals surface area contributed by atoms with E-state index in [2.05, 4.69) is 25.4 Å². The second-order valence-electron chi connectivity index (χ2n) is 6.46. The van der Waals surface area contributed by atoms with Crippen LogP contribution in [0.25, 0.3) is 0 Å². The van der Waals surface area contributed by atoms with Gasteiger partial charge in [0.05, 0.1) is 24.9 Å². The minimum absolute atomic E-state index is 0.459. The summed E-state index contributed by atoms with van der Waals surface area (Å²) in [4.78, 5) is 6.63. The Morgan fingerprint density at radius 1 is 1.41 bits per heavy atom. The standard InChI is InChI=1S/C14H20N6O2/c21-14(10-20-7-5-15-18-20)4-1-6-19(9-14)8-12-16-13(17-22-12)11-2-3-11/h5,7,11,21H,1-4,6,8-10H2. The maximum Gasteiger partial charge on any atom is 0.240 e. The fourth-order valence-corrected chi connectivity index (χ4v) is 3.12. The molecule has 3 heterocycles. The number of likely N-dealkylation sites (tertiary alicyclic amines) is 1. The minimum Gasteiger partial charge on any atom is -0.387 e. The molecule has 1 atom stereocenters. The molecule has 1 aliphatic carbocycles. The number of aliphatic hydroxyl groups is 1. The van der Waals surface area contributed by atoms with E-state index in [9.17, 15) is 5.11 Å². The third-order valence-electron chi connectivity index (χ3n) is 4.35. The molecule has 2 aliphatic rings. The van der Waals surface area contributed by atoms with Crippen LogP contribution in [-0.4, -0.2) is 53.8 Å². The monoisotopic (exact) mass is 304 g/mol. The summed E-state index contributed by atoms with van der Waals surface area (Å²) < 4.78 is 7.01. The summed E-state index contributed by atoms with van der Waals surface area (Å²) >= 11 is 0. The zero-order chi connectivity index (χ0) is 15.0. The quantitative estimate of drug-likeness (QED) is 0.863. The van der Waals surface area contributed by atoms with E-state index >= 15 is 0 Å². The van der Waals surface area contributed by atoms with E-state index in [1.165, 1.54) is 12.8 Å². The molecule has 0 radical (unpaired) electrons. The van der Waals surface area contributed by atoms with Gasteiger partial charge in [-0.15, -0.1) is 5.10 Å². The molecule has 2 aromatic heterocycles. The van der Waals surface area contributed by atoms with Gasteiger partial charge in [-0.25, -0.2) is 4.68 Å². The Balaban J connectivity index is 1.39. The van der Waals surface area contributed by atoms with E-state index in [4.69, 9.17) is 4.52 Å². The summed E-state index contributed by atoms with van der Waals surface area (Å²) in [5, 5.41) is 22.6. The molecule has 0 bridgehead atoms. The van der Waals surface area contributed by atoms with Crippen LogP contribution < -0.4 is 0 Å². The molecule has 0 amide bonds. The van der Waals surface area contributed by atoms with Crippen molar-refractivity contribution in [3.63, 3.8) is 0 Å². The molecule has 2 aromatic rings. The lowest BCUT2D eigenvalue weighted by atomic mass is 9.93. The molecule has 4 rings (SSSR count). The normalized spacial score (nSPS) is 26.4. The molecule has 1 aliphatic heterocycles. The van der Waals surface area contributed by atoms with Crippen molar-refractivity contribution in [1.29, 1.82) is 0 Å². The maximum absolute atomic E-state index is 10.8. The Hall–Kier alpha value is -1.80. The van der Waals surface area contributed by atoms with Crippen LogP contribution in [0.15, 0.2) is 16.9 Å². The second-order valence-corrected chi connectivity index (χ2v) is 6.46. The lowest BCUT2D eigenvalue weighted by Gasteiger charge is -2.38. The van der Waals surface area contributed by atoms with Crippen LogP contribution in [0.1, 0.15) is 43.3 Å². The minimum atomic E-state index is -0.786. The molecule has 0 aromatic carbocycles. The Morgan fingerprint density at radius 2 is 2.32 bits per heavy atom. The molecule has 118 valence electrons. The average molecular weight is 304 g/mol. The largest absolute Gasteiger partial charge is 0.387 e. The number of hydrogen-bond donors (Lipinski definition) is 1. The van der Waals surface area contributed by atoms with Crippen molar-refractivity contribution in [2.45, 2.75) is 50.3 Å². The summed E-state index contributed by atoms with van der Waals surface area (Å²) in [5.74, 6) is 1.99. The second kappa shape index (κ2) is 5.44. The highest BCUT2D eigenvalue weighted by atomic mass is 16.5. The summed E-state index contributed by atoms with van der Waals surface area (Å²) in [6, 6.07) is 0. The van der Waals surface area contributed by atoms with Crippen LogP contribution in [0, 0.1) is 0 Å². The van der Waals surface area contributed by atoms with Gasteiger partial charge in [0.2, 0.25) is 5.89 Å². The van der Waals surface area contributed by atoms with Crippen molar-refractivity contribution in [1.82, 2.24) is 30.0 Å². The summed E-state index contributed by atoms with van der Waals surface area (Å²) in [6.07, 6.45) is 7.44. The number of aromatic nitrogens is 5. The van der Waals surface area contributed by atoms with E-state index in [0.717, 1.165) is 25.2 Å². The van der Waals surface area contributed by atoms with E-state index in [0.29, 0.717) is 31.4 Å². The van der Waals surface area contributed by atoms with Crippen molar-refractivity contribution in [3.05, 3.63) is 24.1 Å². The van der Waals surface area contributed by atoms with Crippen molar-refractivity contribution in [2.75, 3.05) is 13.1 Å². The van der Waals surface area contributed by atoms with Gasteiger partial charge in [-0.3, -0.25) is 4.90 Å². The van der Waals surface area contributed by atoms with Crippen LogP contribution in [-0.2, 0) is 13.1 Å². The molecule has 8 heteroatoms. The molecule has 1 N–H and O–H groups in total. The molecule has 8 nitrogen and oxygen atoms in total. The highest BCUT2D eigenvalue weighted by molar-refractivity contribution is 5.03. The summed E-state index contributed by atoms with van der Waals surface area (Å²) in [5.41, 5.74) is -0.786. The van der Waals surface area contributed by atoms with Gasteiger partial charge in [0.1, 0.15) is 0 Å². The van der Waals surface area contributed by atoms with Gasteiger partial charge in [0.25, 0.3) is 0 Å². The lowest BCUT2D eigenvalue weighted by Crippen LogP contribution is -2.50. The van der Waals surface area contributed by atoms with Gasteiger partial charge < -0.3 is 9.63 Å². The van der Waals surface area contributed by atoms with Gasteiger partial charge in [-0.1, -0.05) is 10.4 Å². The maximum atomic E-state index is 10.8. The molecule has 1 unspecified atom stereocenters. The van der Waals surface area contributed by atoms with Crippen molar-refractivity contribution in [2.24, 2.45) is 0 Å². The first-order chi connectivity index (χ1) is 10.7. The number of hydrogen-bond acceptors (Lipinski definition) is 7. The van der Waals surface area contributed by atoms with Crippen LogP contribution in [0.3, 0.4) is 0 Å². The fourth-order valence-electron chi connectivity index (χ4n) is 3.12.